The van der Waals surface area contributed by atoms with Gasteiger partial charge in [-0.3, -0.25) is 0 Å². The van der Waals surface area contributed by atoms with E-state index in [1.165, 1.54) is 73.7 Å². The standard InChI is InChI=1S/C15H25N3S/c16-11-13-15(12-5-6-12)17-14(19-13)7-10-18-8-3-1-2-4-9-18/h12H,1-11,16H2. The third-order valence-corrected chi connectivity index (χ3v) is 5.42. The highest BCUT2D eigenvalue weighted by Gasteiger charge is 2.29. The van der Waals surface area contributed by atoms with Gasteiger partial charge >= 0.3 is 0 Å². The topological polar surface area (TPSA) is 42.1 Å². The van der Waals surface area contributed by atoms with Crippen LogP contribution in [0.4, 0.5) is 0 Å². The molecule has 2 N–H and O–H groups in total. The molecule has 1 aromatic heterocycles. The molecule has 1 aliphatic heterocycles. The summed E-state index contributed by atoms with van der Waals surface area (Å²) in [4.78, 5) is 8.82. The van der Waals surface area contributed by atoms with Crippen LogP contribution in [0.3, 0.4) is 0 Å². The lowest BCUT2D eigenvalue weighted by Crippen LogP contribution is -2.26. The molecule has 2 fully saturated rings. The van der Waals surface area contributed by atoms with Gasteiger partial charge in [-0.1, -0.05) is 12.8 Å². The number of aromatic nitrogens is 1. The normalized spacial score (nSPS) is 21.5. The predicted octanol–water partition coefficient (Wildman–Crippen LogP) is 2.90. The Labute approximate surface area is 120 Å². The van der Waals surface area contributed by atoms with Crippen molar-refractivity contribution in [3.05, 3.63) is 15.6 Å². The third kappa shape index (κ3) is 3.56. The molecule has 1 aromatic rings. The summed E-state index contributed by atoms with van der Waals surface area (Å²) in [5.41, 5.74) is 7.18. The fraction of sp³-hybridized carbons (Fsp3) is 0.800. The van der Waals surface area contributed by atoms with E-state index in [2.05, 4.69) is 4.90 Å². The fourth-order valence-electron chi connectivity index (χ4n) is 2.96. The zero-order valence-electron chi connectivity index (χ0n) is 11.7. The summed E-state index contributed by atoms with van der Waals surface area (Å²) in [5.74, 6) is 0.738. The van der Waals surface area contributed by atoms with Crippen molar-refractivity contribution < 1.29 is 0 Å². The SMILES string of the molecule is NCc1sc(CCN2CCCCCC2)nc1C1CC1. The number of rotatable bonds is 5. The average Bonchev–Trinajstić information content (AvgIpc) is 3.22. The average molecular weight is 279 g/mol. The summed E-state index contributed by atoms with van der Waals surface area (Å²) < 4.78 is 0. The summed E-state index contributed by atoms with van der Waals surface area (Å²) in [6.07, 6.45) is 9.33. The second kappa shape index (κ2) is 6.33. The lowest BCUT2D eigenvalue weighted by atomic mass is 10.2. The molecule has 1 aliphatic carbocycles. The van der Waals surface area contributed by atoms with Crippen molar-refractivity contribution in [3.8, 4) is 0 Å². The van der Waals surface area contributed by atoms with Crippen molar-refractivity contribution in [1.82, 2.24) is 9.88 Å². The molecule has 0 radical (unpaired) electrons. The van der Waals surface area contributed by atoms with Crippen LogP contribution in [-0.4, -0.2) is 29.5 Å². The highest BCUT2D eigenvalue weighted by molar-refractivity contribution is 7.11. The van der Waals surface area contributed by atoms with Gasteiger partial charge in [0.15, 0.2) is 0 Å². The molecule has 1 saturated carbocycles. The second-order valence-corrected chi connectivity index (χ2v) is 7.07. The first kappa shape index (κ1) is 13.5. The number of hydrogen-bond acceptors (Lipinski definition) is 4. The Morgan fingerprint density at radius 2 is 1.89 bits per heavy atom. The zero-order valence-corrected chi connectivity index (χ0v) is 12.6. The first-order valence-corrected chi connectivity index (χ1v) is 8.59. The molecular weight excluding hydrogens is 254 g/mol. The minimum absolute atomic E-state index is 0.674. The van der Waals surface area contributed by atoms with Gasteiger partial charge in [0.1, 0.15) is 0 Å². The number of nitrogens with zero attached hydrogens (tertiary/aromatic N) is 2. The number of thiazole rings is 1. The minimum atomic E-state index is 0.674. The van der Waals surface area contributed by atoms with E-state index >= 15 is 0 Å². The summed E-state index contributed by atoms with van der Waals surface area (Å²) in [7, 11) is 0. The summed E-state index contributed by atoms with van der Waals surface area (Å²) in [6, 6.07) is 0. The third-order valence-electron chi connectivity index (χ3n) is 4.26. The Morgan fingerprint density at radius 1 is 1.16 bits per heavy atom. The van der Waals surface area contributed by atoms with Crippen molar-refractivity contribution in [2.75, 3.05) is 19.6 Å². The van der Waals surface area contributed by atoms with Gasteiger partial charge in [-0.2, -0.15) is 0 Å². The molecule has 106 valence electrons. The van der Waals surface area contributed by atoms with E-state index in [1.54, 1.807) is 0 Å². The Bertz CT molecular complexity index is 404. The van der Waals surface area contributed by atoms with Crippen molar-refractivity contribution in [3.63, 3.8) is 0 Å². The van der Waals surface area contributed by atoms with Crippen LogP contribution in [0.2, 0.25) is 0 Å². The van der Waals surface area contributed by atoms with Gasteiger partial charge in [0.05, 0.1) is 10.7 Å². The van der Waals surface area contributed by atoms with Gasteiger partial charge in [0.25, 0.3) is 0 Å². The van der Waals surface area contributed by atoms with E-state index in [-0.39, 0.29) is 0 Å². The Kier molecular flexibility index (Phi) is 4.51. The molecule has 0 amide bonds. The first-order valence-electron chi connectivity index (χ1n) is 7.77. The zero-order chi connectivity index (χ0) is 13.1. The van der Waals surface area contributed by atoms with Crippen LogP contribution in [0.1, 0.15) is 60.0 Å². The molecule has 4 heteroatoms. The van der Waals surface area contributed by atoms with Crippen LogP contribution in [-0.2, 0) is 13.0 Å². The minimum Gasteiger partial charge on any atom is -0.326 e. The van der Waals surface area contributed by atoms with Crippen molar-refractivity contribution in [2.45, 2.75) is 57.4 Å². The maximum atomic E-state index is 5.85. The molecule has 0 aromatic carbocycles. The molecule has 2 aliphatic rings. The van der Waals surface area contributed by atoms with Crippen molar-refractivity contribution >= 4 is 11.3 Å². The highest BCUT2D eigenvalue weighted by atomic mass is 32.1. The molecule has 0 atom stereocenters. The van der Waals surface area contributed by atoms with E-state index in [4.69, 9.17) is 10.7 Å². The Morgan fingerprint density at radius 3 is 2.53 bits per heavy atom. The van der Waals surface area contributed by atoms with Crippen LogP contribution >= 0.6 is 11.3 Å². The monoisotopic (exact) mass is 279 g/mol. The predicted molar refractivity (Wildman–Crippen MR) is 80.6 cm³/mol. The quantitative estimate of drug-likeness (QED) is 0.901. The van der Waals surface area contributed by atoms with Gasteiger partial charge < -0.3 is 10.6 Å². The van der Waals surface area contributed by atoms with E-state index in [9.17, 15) is 0 Å². The Balaban J connectivity index is 1.56. The lowest BCUT2D eigenvalue weighted by Gasteiger charge is -2.18. The Hall–Kier alpha value is -0.450. The van der Waals surface area contributed by atoms with Gasteiger partial charge in [-0.25, -0.2) is 4.98 Å². The van der Waals surface area contributed by atoms with E-state index in [0.29, 0.717) is 6.54 Å². The molecule has 2 heterocycles. The van der Waals surface area contributed by atoms with Crippen molar-refractivity contribution in [1.29, 1.82) is 0 Å². The van der Waals surface area contributed by atoms with Gasteiger partial charge in [-0.15, -0.1) is 11.3 Å². The van der Waals surface area contributed by atoms with Crippen LogP contribution in [0.5, 0.6) is 0 Å². The number of hydrogen-bond donors (Lipinski definition) is 1. The summed E-state index contributed by atoms with van der Waals surface area (Å²) >= 11 is 1.86. The molecule has 0 spiro atoms. The number of likely N-dealkylation sites (tertiary alicyclic amines) is 1. The molecular formula is C15H25N3S. The smallest absolute Gasteiger partial charge is 0.0944 e. The summed E-state index contributed by atoms with van der Waals surface area (Å²) in [6.45, 7) is 4.42. The van der Waals surface area contributed by atoms with E-state index < -0.39 is 0 Å². The molecule has 3 rings (SSSR count). The molecule has 0 unspecified atom stereocenters. The van der Waals surface area contributed by atoms with Crippen LogP contribution in [0.25, 0.3) is 0 Å². The molecule has 0 bridgehead atoms. The van der Waals surface area contributed by atoms with E-state index in [1.807, 2.05) is 11.3 Å². The summed E-state index contributed by atoms with van der Waals surface area (Å²) in [5, 5.41) is 1.31. The molecule has 19 heavy (non-hydrogen) atoms. The second-order valence-electron chi connectivity index (χ2n) is 5.90. The van der Waals surface area contributed by atoms with Crippen LogP contribution in [0, 0.1) is 0 Å². The first-order chi connectivity index (χ1) is 9.36. The van der Waals surface area contributed by atoms with Crippen LogP contribution < -0.4 is 5.73 Å². The fourth-order valence-corrected chi connectivity index (χ4v) is 3.98. The maximum absolute atomic E-state index is 5.85. The van der Waals surface area contributed by atoms with Crippen LogP contribution in [0.15, 0.2) is 0 Å². The van der Waals surface area contributed by atoms with Gasteiger partial charge in [0, 0.05) is 30.3 Å². The van der Waals surface area contributed by atoms with Gasteiger partial charge in [0.2, 0.25) is 0 Å². The van der Waals surface area contributed by atoms with Crippen molar-refractivity contribution in [2.24, 2.45) is 5.73 Å². The van der Waals surface area contributed by atoms with E-state index in [0.717, 1.165) is 12.3 Å². The molecule has 3 nitrogen and oxygen atoms in total. The lowest BCUT2D eigenvalue weighted by molar-refractivity contribution is 0.288. The number of nitrogens with two attached hydrogens (primary N) is 1. The molecule has 1 saturated heterocycles. The maximum Gasteiger partial charge on any atom is 0.0944 e. The highest BCUT2D eigenvalue weighted by Crippen LogP contribution is 2.42. The van der Waals surface area contributed by atoms with Gasteiger partial charge in [-0.05, 0) is 38.8 Å². The largest absolute Gasteiger partial charge is 0.326 e.